The van der Waals surface area contributed by atoms with Crippen LogP contribution in [-0.4, -0.2) is 35.6 Å². The van der Waals surface area contributed by atoms with Gasteiger partial charge in [-0.05, 0) is 37.3 Å². The molecule has 2 aromatic heterocycles. The van der Waals surface area contributed by atoms with Gasteiger partial charge in [-0.25, -0.2) is 9.78 Å². The first-order chi connectivity index (χ1) is 10.6. The minimum Gasteiger partial charge on any atom is -0.462 e. The van der Waals surface area contributed by atoms with Gasteiger partial charge in [0.05, 0.1) is 17.6 Å². The van der Waals surface area contributed by atoms with Gasteiger partial charge in [0, 0.05) is 18.5 Å². The molecule has 0 amide bonds. The van der Waals surface area contributed by atoms with Crippen molar-refractivity contribution in [3.8, 4) is 0 Å². The number of ether oxygens (including phenoxy) is 1. The molecule has 118 valence electrons. The number of carbonyl (C=O) groups is 1. The quantitative estimate of drug-likeness (QED) is 0.629. The zero-order valence-corrected chi connectivity index (χ0v) is 14.2. The highest BCUT2D eigenvalue weighted by atomic mass is 35.5. The molecule has 1 aliphatic heterocycles. The molecule has 0 aromatic carbocycles. The van der Waals surface area contributed by atoms with Gasteiger partial charge in [0.2, 0.25) is 5.28 Å². The van der Waals surface area contributed by atoms with Crippen molar-refractivity contribution < 1.29 is 9.53 Å². The summed E-state index contributed by atoms with van der Waals surface area (Å²) in [5.74, 6) is 1.15. The summed E-state index contributed by atoms with van der Waals surface area (Å²) in [5, 5.41) is 2.77. The highest BCUT2D eigenvalue weighted by molar-refractivity contribution is 7.17. The zero-order chi connectivity index (χ0) is 15.7. The van der Waals surface area contributed by atoms with Crippen LogP contribution in [0.2, 0.25) is 5.28 Å². The molecule has 0 bridgehead atoms. The van der Waals surface area contributed by atoms with Crippen molar-refractivity contribution in [3.05, 3.63) is 16.2 Å². The fraction of sp³-hybridized carbons (Fsp3) is 0.533. The second kappa shape index (κ2) is 6.38. The Balaban J connectivity index is 2.07. The molecule has 1 fully saturated rings. The van der Waals surface area contributed by atoms with Gasteiger partial charge < -0.3 is 9.64 Å². The first-order valence-corrected chi connectivity index (χ1v) is 8.72. The van der Waals surface area contributed by atoms with Crippen molar-refractivity contribution in [1.82, 2.24) is 9.97 Å². The van der Waals surface area contributed by atoms with Crippen molar-refractivity contribution in [1.29, 1.82) is 0 Å². The van der Waals surface area contributed by atoms with Gasteiger partial charge in [0.1, 0.15) is 10.6 Å². The van der Waals surface area contributed by atoms with Crippen LogP contribution in [-0.2, 0) is 4.74 Å². The number of esters is 1. The van der Waals surface area contributed by atoms with Crippen molar-refractivity contribution in [2.24, 2.45) is 5.92 Å². The average Bonchev–Trinajstić information content (AvgIpc) is 2.91. The van der Waals surface area contributed by atoms with E-state index in [1.165, 1.54) is 11.3 Å². The topological polar surface area (TPSA) is 55.3 Å². The highest BCUT2D eigenvalue weighted by Gasteiger charge is 2.25. The number of aromatic nitrogens is 2. The number of fused-ring (bicyclic) bond motifs is 1. The molecule has 22 heavy (non-hydrogen) atoms. The predicted molar refractivity (Wildman–Crippen MR) is 89.0 cm³/mol. The van der Waals surface area contributed by atoms with Gasteiger partial charge in [-0.2, -0.15) is 4.98 Å². The van der Waals surface area contributed by atoms with E-state index in [2.05, 4.69) is 21.8 Å². The molecule has 0 spiro atoms. The molecular weight excluding hydrogens is 322 g/mol. The fourth-order valence-electron chi connectivity index (χ4n) is 2.71. The predicted octanol–water partition coefficient (Wildman–Crippen LogP) is 3.76. The number of hydrogen-bond acceptors (Lipinski definition) is 6. The number of halogens is 1. The van der Waals surface area contributed by atoms with Crippen LogP contribution in [0.1, 0.15) is 37.0 Å². The Morgan fingerprint density at radius 3 is 2.86 bits per heavy atom. The molecular formula is C15H18ClN3O2S. The maximum atomic E-state index is 12.2. The van der Waals surface area contributed by atoms with E-state index in [-0.39, 0.29) is 11.3 Å². The third-order valence-electron chi connectivity index (χ3n) is 3.97. The van der Waals surface area contributed by atoms with Gasteiger partial charge >= 0.3 is 5.97 Å². The van der Waals surface area contributed by atoms with E-state index in [1.54, 1.807) is 12.3 Å². The van der Waals surface area contributed by atoms with Crippen LogP contribution >= 0.6 is 22.9 Å². The normalized spacial score (nSPS) is 16.2. The van der Waals surface area contributed by atoms with E-state index in [0.29, 0.717) is 12.2 Å². The van der Waals surface area contributed by atoms with Gasteiger partial charge in [-0.1, -0.05) is 6.92 Å². The van der Waals surface area contributed by atoms with E-state index in [4.69, 9.17) is 16.3 Å². The summed E-state index contributed by atoms with van der Waals surface area (Å²) in [6.45, 7) is 6.24. The molecule has 0 aliphatic carbocycles. The number of nitrogens with zero attached hydrogens (tertiary/aromatic N) is 3. The van der Waals surface area contributed by atoms with Crippen molar-refractivity contribution in [3.63, 3.8) is 0 Å². The molecule has 7 heteroatoms. The first kappa shape index (κ1) is 15.5. The van der Waals surface area contributed by atoms with Crippen LogP contribution in [0.25, 0.3) is 10.2 Å². The molecule has 0 atom stereocenters. The summed E-state index contributed by atoms with van der Waals surface area (Å²) < 4.78 is 5.14. The van der Waals surface area contributed by atoms with Crippen LogP contribution in [0.3, 0.4) is 0 Å². The Hall–Kier alpha value is -1.40. The number of anilines is 1. The molecule has 3 rings (SSSR count). The number of hydrogen-bond donors (Lipinski definition) is 0. The second-order valence-electron chi connectivity index (χ2n) is 5.54. The summed E-state index contributed by atoms with van der Waals surface area (Å²) in [7, 11) is 0. The molecule has 0 unspecified atom stereocenters. The van der Waals surface area contributed by atoms with E-state index in [0.717, 1.165) is 47.9 Å². The van der Waals surface area contributed by atoms with Gasteiger partial charge in [0.15, 0.2) is 0 Å². The zero-order valence-electron chi connectivity index (χ0n) is 12.6. The Labute approximate surface area is 138 Å². The first-order valence-electron chi connectivity index (χ1n) is 7.47. The summed E-state index contributed by atoms with van der Waals surface area (Å²) in [6.07, 6.45) is 2.23. The Bertz CT molecular complexity index is 695. The number of piperidine rings is 1. The van der Waals surface area contributed by atoms with E-state index < -0.39 is 0 Å². The Morgan fingerprint density at radius 1 is 1.45 bits per heavy atom. The molecule has 5 nitrogen and oxygen atoms in total. The standard InChI is InChI=1S/C15H18ClN3O2S/c1-3-21-14(20)10-8-22-13-11(10)12(17-15(16)18-13)19-6-4-9(2)5-7-19/h8-9H,3-7H2,1-2H3. The van der Waals surface area contributed by atoms with Crippen molar-refractivity contribution in [2.75, 3.05) is 24.6 Å². The van der Waals surface area contributed by atoms with Crippen LogP contribution in [0.5, 0.6) is 0 Å². The lowest BCUT2D eigenvalue weighted by Gasteiger charge is -2.31. The average molecular weight is 340 g/mol. The molecule has 0 radical (unpaired) electrons. The lowest BCUT2D eigenvalue weighted by Crippen LogP contribution is -2.33. The van der Waals surface area contributed by atoms with Crippen LogP contribution < -0.4 is 4.90 Å². The summed E-state index contributed by atoms with van der Waals surface area (Å²) in [6, 6.07) is 0. The smallest absolute Gasteiger partial charge is 0.339 e. The largest absolute Gasteiger partial charge is 0.462 e. The number of thiophene rings is 1. The highest BCUT2D eigenvalue weighted by Crippen LogP contribution is 2.35. The second-order valence-corrected chi connectivity index (χ2v) is 6.73. The maximum absolute atomic E-state index is 12.2. The maximum Gasteiger partial charge on any atom is 0.339 e. The summed E-state index contributed by atoms with van der Waals surface area (Å²) in [5.41, 5.74) is 0.534. The minimum absolute atomic E-state index is 0.221. The van der Waals surface area contributed by atoms with E-state index in [1.807, 2.05) is 0 Å². The van der Waals surface area contributed by atoms with Gasteiger partial charge in [0.25, 0.3) is 0 Å². The van der Waals surface area contributed by atoms with Crippen LogP contribution in [0.15, 0.2) is 5.38 Å². The number of carbonyl (C=O) groups excluding carboxylic acids is 1. The third-order valence-corrected chi connectivity index (χ3v) is 5.01. The summed E-state index contributed by atoms with van der Waals surface area (Å²) in [4.78, 5) is 23.8. The minimum atomic E-state index is -0.328. The van der Waals surface area contributed by atoms with Gasteiger partial charge in [-0.15, -0.1) is 11.3 Å². The molecule has 1 saturated heterocycles. The Morgan fingerprint density at radius 2 is 2.18 bits per heavy atom. The molecule has 2 aromatic rings. The SMILES string of the molecule is CCOC(=O)c1csc2nc(Cl)nc(N3CCC(C)CC3)c12. The van der Waals surface area contributed by atoms with E-state index >= 15 is 0 Å². The van der Waals surface area contributed by atoms with Gasteiger partial charge in [-0.3, -0.25) is 0 Å². The lowest BCUT2D eigenvalue weighted by molar-refractivity contribution is 0.0529. The number of rotatable bonds is 3. The van der Waals surface area contributed by atoms with Crippen molar-refractivity contribution in [2.45, 2.75) is 26.7 Å². The molecule has 1 aliphatic rings. The molecule has 0 saturated carbocycles. The monoisotopic (exact) mass is 339 g/mol. The molecule has 0 N–H and O–H groups in total. The molecule has 3 heterocycles. The Kier molecular flexibility index (Phi) is 4.49. The van der Waals surface area contributed by atoms with Crippen LogP contribution in [0.4, 0.5) is 5.82 Å². The van der Waals surface area contributed by atoms with Crippen LogP contribution in [0, 0.1) is 5.92 Å². The van der Waals surface area contributed by atoms with E-state index in [9.17, 15) is 4.79 Å². The summed E-state index contributed by atoms with van der Waals surface area (Å²) >= 11 is 7.46. The fourth-order valence-corrected chi connectivity index (χ4v) is 3.82. The van der Waals surface area contributed by atoms with Crippen molar-refractivity contribution >= 4 is 44.9 Å². The lowest BCUT2D eigenvalue weighted by atomic mass is 9.99. The third kappa shape index (κ3) is 2.90.